The van der Waals surface area contributed by atoms with Gasteiger partial charge in [-0.05, 0) is 64.2 Å². The normalized spacial score (nSPS) is 16.1. The van der Waals surface area contributed by atoms with Crippen LogP contribution in [0.15, 0.2) is 30.8 Å². The fourth-order valence-corrected chi connectivity index (χ4v) is 4.22. The van der Waals surface area contributed by atoms with Crippen molar-refractivity contribution in [3.63, 3.8) is 0 Å². The van der Waals surface area contributed by atoms with Gasteiger partial charge in [-0.1, -0.05) is 57.0 Å². The van der Waals surface area contributed by atoms with Crippen molar-refractivity contribution in [2.24, 2.45) is 0 Å². The lowest BCUT2D eigenvalue weighted by atomic mass is 9.94. The standard InChI is InChI=1S/C27H41N3O4/c1-7-19(3)30(23(31)18-28-26(33)34-27(4,5)6)24(21-14-12-13-20(8-2)17-21)25(32)29-22-15-10-9-11-16-22/h8,12-14,17,19,22,24H,2,7,9-11,15-16,18H2,1,3-6H3,(H,28,33)(H,29,32). The number of nitrogens with one attached hydrogen (secondary N) is 2. The lowest BCUT2D eigenvalue weighted by Crippen LogP contribution is -2.52. The Hall–Kier alpha value is -2.83. The molecular formula is C27H41N3O4. The highest BCUT2D eigenvalue weighted by molar-refractivity contribution is 5.91. The molecule has 2 unspecified atom stereocenters. The van der Waals surface area contributed by atoms with E-state index in [4.69, 9.17) is 4.74 Å². The van der Waals surface area contributed by atoms with Gasteiger partial charge in [-0.2, -0.15) is 0 Å². The summed E-state index contributed by atoms with van der Waals surface area (Å²) in [5.41, 5.74) is 0.921. The summed E-state index contributed by atoms with van der Waals surface area (Å²) in [7, 11) is 0. The third-order valence-electron chi connectivity index (χ3n) is 6.08. The van der Waals surface area contributed by atoms with E-state index in [0.717, 1.165) is 36.8 Å². The van der Waals surface area contributed by atoms with Gasteiger partial charge < -0.3 is 20.3 Å². The summed E-state index contributed by atoms with van der Waals surface area (Å²) in [5.74, 6) is -0.535. The van der Waals surface area contributed by atoms with Crippen LogP contribution < -0.4 is 10.6 Å². The molecule has 1 aromatic carbocycles. The number of hydrogen-bond donors (Lipinski definition) is 2. The molecule has 0 saturated heterocycles. The number of carbonyl (C=O) groups excluding carboxylic acids is 3. The smallest absolute Gasteiger partial charge is 0.408 e. The van der Waals surface area contributed by atoms with E-state index < -0.39 is 17.7 Å². The molecule has 7 heteroatoms. The van der Waals surface area contributed by atoms with Gasteiger partial charge in [0.05, 0.1) is 0 Å². The maximum Gasteiger partial charge on any atom is 0.408 e. The molecule has 2 rings (SSSR count). The lowest BCUT2D eigenvalue weighted by Gasteiger charge is -2.37. The van der Waals surface area contributed by atoms with Gasteiger partial charge in [0.2, 0.25) is 11.8 Å². The molecule has 1 fully saturated rings. The van der Waals surface area contributed by atoms with Gasteiger partial charge in [0, 0.05) is 12.1 Å². The Morgan fingerprint density at radius 3 is 2.47 bits per heavy atom. The van der Waals surface area contributed by atoms with E-state index in [1.165, 1.54) is 6.42 Å². The van der Waals surface area contributed by atoms with Crippen molar-refractivity contribution in [3.05, 3.63) is 42.0 Å². The fraction of sp³-hybridized carbons (Fsp3) is 0.593. The highest BCUT2D eigenvalue weighted by Crippen LogP contribution is 2.27. The van der Waals surface area contributed by atoms with Gasteiger partial charge in [-0.15, -0.1) is 0 Å². The molecule has 188 valence electrons. The molecule has 0 bridgehead atoms. The van der Waals surface area contributed by atoms with Crippen molar-refractivity contribution < 1.29 is 19.1 Å². The molecule has 0 heterocycles. The Morgan fingerprint density at radius 2 is 1.88 bits per heavy atom. The van der Waals surface area contributed by atoms with Gasteiger partial charge >= 0.3 is 6.09 Å². The third kappa shape index (κ3) is 8.19. The van der Waals surface area contributed by atoms with Crippen molar-refractivity contribution >= 4 is 24.0 Å². The first kappa shape index (κ1) is 27.4. The number of hydrogen-bond acceptors (Lipinski definition) is 4. The van der Waals surface area contributed by atoms with Crippen LogP contribution >= 0.6 is 0 Å². The van der Waals surface area contributed by atoms with Crippen molar-refractivity contribution in [2.75, 3.05) is 6.54 Å². The number of carbonyl (C=O) groups is 3. The summed E-state index contributed by atoms with van der Waals surface area (Å²) in [5, 5.41) is 5.74. The molecule has 0 aliphatic heterocycles. The van der Waals surface area contributed by atoms with E-state index in [1.807, 2.05) is 38.1 Å². The third-order valence-corrected chi connectivity index (χ3v) is 6.08. The second-order valence-corrected chi connectivity index (χ2v) is 10.0. The zero-order valence-corrected chi connectivity index (χ0v) is 21.4. The zero-order valence-electron chi connectivity index (χ0n) is 21.4. The molecule has 34 heavy (non-hydrogen) atoms. The minimum atomic E-state index is -0.815. The van der Waals surface area contributed by atoms with E-state index in [9.17, 15) is 14.4 Å². The van der Waals surface area contributed by atoms with Crippen LogP contribution in [-0.4, -0.2) is 47.0 Å². The Morgan fingerprint density at radius 1 is 1.21 bits per heavy atom. The Labute approximate surface area is 204 Å². The maximum atomic E-state index is 13.7. The minimum Gasteiger partial charge on any atom is -0.444 e. The second kappa shape index (κ2) is 12.6. The Balaban J connectivity index is 2.34. The molecule has 1 saturated carbocycles. The summed E-state index contributed by atoms with van der Waals surface area (Å²) < 4.78 is 5.27. The van der Waals surface area contributed by atoms with Gasteiger partial charge in [0.25, 0.3) is 0 Å². The number of alkyl carbamates (subject to hydrolysis) is 1. The number of nitrogens with zero attached hydrogens (tertiary/aromatic N) is 1. The maximum absolute atomic E-state index is 13.7. The van der Waals surface area contributed by atoms with E-state index in [-0.39, 0.29) is 30.4 Å². The molecule has 0 radical (unpaired) electrons. The first-order valence-corrected chi connectivity index (χ1v) is 12.4. The summed E-state index contributed by atoms with van der Waals surface area (Å²) in [6, 6.07) is 6.61. The number of rotatable bonds is 9. The quantitative estimate of drug-likeness (QED) is 0.532. The molecule has 1 aromatic rings. The second-order valence-electron chi connectivity index (χ2n) is 10.0. The van der Waals surface area contributed by atoms with Crippen molar-refractivity contribution in [3.8, 4) is 0 Å². The molecule has 7 nitrogen and oxygen atoms in total. The summed E-state index contributed by atoms with van der Waals surface area (Å²) in [4.78, 5) is 40.8. The van der Waals surface area contributed by atoms with Crippen molar-refractivity contribution in [1.29, 1.82) is 0 Å². The molecular weight excluding hydrogens is 430 g/mol. The molecule has 0 aromatic heterocycles. The van der Waals surface area contributed by atoms with Crippen molar-refractivity contribution in [1.82, 2.24) is 15.5 Å². The number of benzene rings is 1. The van der Waals surface area contributed by atoms with E-state index in [1.54, 1.807) is 31.7 Å². The number of amides is 3. The highest BCUT2D eigenvalue weighted by Gasteiger charge is 2.35. The van der Waals surface area contributed by atoms with Crippen LogP contribution in [0.25, 0.3) is 6.08 Å². The Bertz CT molecular complexity index is 856. The highest BCUT2D eigenvalue weighted by atomic mass is 16.6. The van der Waals surface area contributed by atoms with Crippen LogP contribution in [0.5, 0.6) is 0 Å². The number of ether oxygens (including phenoxy) is 1. The summed E-state index contributed by atoms with van der Waals surface area (Å²) in [6.45, 7) is 12.8. The molecule has 3 amide bonds. The molecule has 1 aliphatic carbocycles. The van der Waals surface area contributed by atoms with Crippen LogP contribution in [0.4, 0.5) is 4.79 Å². The average molecular weight is 472 g/mol. The largest absolute Gasteiger partial charge is 0.444 e. The molecule has 2 N–H and O–H groups in total. The zero-order chi connectivity index (χ0) is 25.3. The summed E-state index contributed by atoms with van der Waals surface area (Å²) in [6.07, 6.45) is 6.98. The van der Waals surface area contributed by atoms with Crippen LogP contribution in [0, 0.1) is 0 Å². The first-order valence-electron chi connectivity index (χ1n) is 12.4. The monoisotopic (exact) mass is 471 g/mol. The van der Waals surface area contributed by atoms with E-state index >= 15 is 0 Å². The van der Waals surface area contributed by atoms with Gasteiger partial charge in [-0.25, -0.2) is 4.79 Å². The predicted molar refractivity (Wildman–Crippen MR) is 135 cm³/mol. The van der Waals surface area contributed by atoms with Gasteiger partial charge in [0.15, 0.2) is 0 Å². The van der Waals surface area contributed by atoms with E-state index in [0.29, 0.717) is 6.42 Å². The first-order chi connectivity index (χ1) is 16.1. The van der Waals surface area contributed by atoms with Gasteiger partial charge in [0.1, 0.15) is 18.2 Å². The predicted octanol–water partition coefficient (Wildman–Crippen LogP) is 4.97. The SMILES string of the molecule is C=Cc1cccc(C(C(=O)NC2CCCCC2)N(C(=O)CNC(=O)OC(C)(C)C)C(C)CC)c1. The topological polar surface area (TPSA) is 87.7 Å². The van der Waals surface area contributed by atoms with Crippen LogP contribution in [0.3, 0.4) is 0 Å². The Kier molecular flexibility index (Phi) is 10.1. The summed E-state index contributed by atoms with van der Waals surface area (Å²) >= 11 is 0. The van der Waals surface area contributed by atoms with Crippen molar-refractivity contribution in [2.45, 2.75) is 96.9 Å². The fourth-order valence-electron chi connectivity index (χ4n) is 4.22. The van der Waals surface area contributed by atoms with Gasteiger partial charge in [-0.3, -0.25) is 9.59 Å². The molecule has 2 atom stereocenters. The molecule has 1 aliphatic rings. The average Bonchev–Trinajstić information content (AvgIpc) is 2.79. The van der Waals surface area contributed by atoms with Crippen LogP contribution in [-0.2, 0) is 14.3 Å². The molecule has 0 spiro atoms. The van der Waals surface area contributed by atoms with Crippen LogP contribution in [0.1, 0.15) is 90.3 Å². The lowest BCUT2D eigenvalue weighted by molar-refractivity contribution is -0.143. The van der Waals surface area contributed by atoms with Crippen LogP contribution in [0.2, 0.25) is 0 Å². The minimum absolute atomic E-state index is 0.111. The van der Waals surface area contributed by atoms with E-state index in [2.05, 4.69) is 17.2 Å².